The fourth-order valence-electron chi connectivity index (χ4n) is 3.20. The van der Waals surface area contributed by atoms with E-state index < -0.39 is 5.79 Å². The van der Waals surface area contributed by atoms with Crippen molar-refractivity contribution in [2.24, 2.45) is 5.92 Å². The van der Waals surface area contributed by atoms with Gasteiger partial charge >= 0.3 is 0 Å². The highest BCUT2D eigenvalue weighted by Gasteiger charge is 2.44. The molecule has 1 fully saturated rings. The Labute approximate surface area is 113 Å². The highest BCUT2D eigenvalue weighted by Crippen LogP contribution is 2.41. The van der Waals surface area contributed by atoms with Crippen LogP contribution in [0.15, 0.2) is 23.3 Å². The van der Waals surface area contributed by atoms with E-state index in [-0.39, 0.29) is 24.4 Å². The summed E-state index contributed by atoms with van der Waals surface area (Å²) in [6.45, 7) is 2.48. The zero-order valence-corrected chi connectivity index (χ0v) is 11.2. The molecular weight excluding hydrogens is 244 g/mol. The Kier molecular flexibility index (Phi) is 3.33. The number of hydrogen-bond acceptors (Lipinski definition) is 4. The number of hydrogen-bond donors (Lipinski definition) is 1. The summed E-state index contributed by atoms with van der Waals surface area (Å²) in [6, 6.07) is 0. The molecule has 1 N–H and O–H groups in total. The summed E-state index contributed by atoms with van der Waals surface area (Å²) in [5.41, 5.74) is 1.64. The number of Topliss-reactive ketones (excluding diaryl/α,β-unsaturated/α-hetero) is 1. The van der Waals surface area contributed by atoms with Gasteiger partial charge in [0.25, 0.3) is 0 Å². The fourth-order valence-corrected chi connectivity index (χ4v) is 3.20. The van der Waals surface area contributed by atoms with Crippen LogP contribution in [-0.2, 0) is 14.3 Å². The second-order valence-electron chi connectivity index (χ2n) is 5.66. The molecule has 0 aromatic rings. The number of rotatable bonds is 1. The first-order valence-corrected chi connectivity index (χ1v) is 6.99. The molecule has 4 nitrogen and oxygen atoms in total. The zero-order chi connectivity index (χ0) is 13.5. The number of fused-ring (bicyclic) bond motifs is 1. The Hall–Kier alpha value is -0.970. The first-order valence-electron chi connectivity index (χ1n) is 6.99. The van der Waals surface area contributed by atoms with E-state index in [0.717, 1.165) is 30.4 Å². The summed E-state index contributed by atoms with van der Waals surface area (Å²) in [7, 11) is 0. The number of ketones is 1. The summed E-state index contributed by atoms with van der Waals surface area (Å²) < 4.78 is 12.0. The van der Waals surface area contributed by atoms with Crippen LogP contribution in [-0.4, -0.2) is 36.0 Å². The van der Waals surface area contributed by atoms with E-state index in [0.29, 0.717) is 13.0 Å². The van der Waals surface area contributed by atoms with E-state index in [1.54, 1.807) is 0 Å². The summed E-state index contributed by atoms with van der Waals surface area (Å²) in [4.78, 5) is 11.8. The van der Waals surface area contributed by atoms with E-state index in [2.05, 4.69) is 0 Å². The van der Waals surface area contributed by atoms with Crippen LogP contribution in [0.25, 0.3) is 0 Å². The van der Waals surface area contributed by atoms with Crippen LogP contribution in [0.1, 0.15) is 32.6 Å². The van der Waals surface area contributed by atoms with Crippen LogP contribution in [0.5, 0.6) is 0 Å². The molecular formula is C15H20O4. The molecule has 19 heavy (non-hydrogen) atoms. The first-order chi connectivity index (χ1) is 9.13. The third-order valence-electron chi connectivity index (χ3n) is 4.32. The van der Waals surface area contributed by atoms with Gasteiger partial charge in [0, 0.05) is 18.8 Å². The molecule has 3 rings (SSSR count). The minimum atomic E-state index is -0.686. The first kappa shape index (κ1) is 13.0. The quantitative estimate of drug-likeness (QED) is 0.733. The van der Waals surface area contributed by atoms with Crippen molar-refractivity contribution in [2.45, 2.75) is 44.5 Å². The van der Waals surface area contributed by atoms with Crippen LogP contribution < -0.4 is 0 Å². The van der Waals surface area contributed by atoms with Crippen molar-refractivity contribution in [2.75, 3.05) is 13.2 Å². The lowest BCUT2D eigenvalue weighted by atomic mass is 9.78. The van der Waals surface area contributed by atoms with Gasteiger partial charge in [-0.1, -0.05) is 0 Å². The molecule has 1 saturated heterocycles. The minimum Gasteiger partial charge on any atom is -0.392 e. The molecule has 0 aromatic heterocycles. The maximum absolute atomic E-state index is 11.8. The molecule has 1 spiro atoms. The number of aliphatic hydroxyl groups is 1. The van der Waals surface area contributed by atoms with E-state index in [1.807, 2.05) is 19.1 Å². The fraction of sp³-hybridized carbons (Fsp3) is 0.667. The third kappa shape index (κ3) is 2.29. The van der Waals surface area contributed by atoms with E-state index in [9.17, 15) is 9.90 Å². The van der Waals surface area contributed by atoms with Gasteiger partial charge in [-0.3, -0.25) is 4.79 Å². The Morgan fingerprint density at radius 2 is 2.32 bits per heavy atom. The van der Waals surface area contributed by atoms with Gasteiger partial charge in [0.2, 0.25) is 0 Å². The Bertz CT molecular complexity index is 443. The van der Waals surface area contributed by atoms with Crippen molar-refractivity contribution in [3.8, 4) is 0 Å². The van der Waals surface area contributed by atoms with Crippen LogP contribution in [0.2, 0.25) is 0 Å². The van der Waals surface area contributed by atoms with Gasteiger partial charge in [0.1, 0.15) is 0 Å². The molecule has 0 radical (unpaired) electrons. The SMILES string of the molecule is CC1=C[C@H]2OC3(C=C(CO)[C@H]2CC1=O)CCCCO3. The normalized spacial score (nSPS) is 38.7. The summed E-state index contributed by atoms with van der Waals surface area (Å²) in [5, 5.41) is 9.58. The summed E-state index contributed by atoms with van der Waals surface area (Å²) in [5.74, 6) is -0.573. The predicted octanol–water partition coefficient (Wildman–Crippen LogP) is 1.74. The lowest BCUT2D eigenvalue weighted by molar-refractivity contribution is -0.251. The minimum absolute atomic E-state index is 0.0302. The third-order valence-corrected chi connectivity index (χ3v) is 4.32. The summed E-state index contributed by atoms with van der Waals surface area (Å²) in [6.07, 6.45) is 7.01. The Morgan fingerprint density at radius 1 is 1.47 bits per heavy atom. The standard InChI is InChI=1S/C15H20O4/c1-10-6-14-12(7-13(10)17)11(9-16)8-15(19-14)4-2-3-5-18-15/h6,8,12,14,16H,2-5,7,9H2,1H3/t12-,14-,15?/m1/s1. The molecule has 104 valence electrons. The Morgan fingerprint density at radius 3 is 3.00 bits per heavy atom. The number of carbonyl (C=O) groups excluding carboxylic acids is 1. The Balaban J connectivity index is 1.94. The van der Waals surface area contributed by atoms with Crippen LogP contribution in [0.3, 0.4) is 0 Å². The van der Waals surface area contributed by atoms with Crippen molar-refractivity contribution >= 4 is 5.78 Å². The molecule has 3 aliphatic rings. The van der Waals surface area contributed by atoms with Gasteiger partial charge in [-0.2, -0.15) is 0 Å². The molecule has 4 heteroatoms. The van der Waals surface area contributed by atoms with Crippen molar-refractivity contribution in [3.05, 3.63) is 23.3 Å². The maximum Gasteiger partial charge on any atom is 0.188 e. The largest absolute Gasteiger partial charge is 0.392 e. The average Bonchev–Trinajstić information content (AvgIpc) is 2.41. The topological polar surface area (TPSA) is 55.8 Å². The van der Waals surface area contributed by atoms with Crippen LogP contribution in [0, 0.1) is 5.92 Å². The van der Waals surface area contributed by atoms with Gasteiger partial charge in [0.05, 0.1) is 19.3 Å². The highest BCUT2D eigenvalue weighted by molar-refractivity contribution is 5.96. The molecule has 3 atom stereocenters. The number of allylic oxidation sites excluding steroid dienone is 1. The molecule has 0 aromatic carbocycles. The molecule has 1 aliphatic carbocycles. The van der Waals surface area contributed by atoms with Gasteiger partial charge < -0.3 is 14.6 Å². The monoisotopic (exact) mass is 264 g/mol. The molecule has 2 heterocycles. The summed E-state index contributed by atoms with van der Waals surface area (Å²) >= 11 is 0. The second-order valence-corrected chi connectivity index (χ2v) is 5.66. The zero-order valence-electron chi connectivity index (χ0n) is 11.2. The number of ether oxygens (including phenoxy) is 2. The molecule has 2 aliphatic heterocycles. The van der Waals surface area contributed by atoms with Gasteiger partial charge in [-0.05, 0) is 43.1 Å². The van der Waals surface area contributed by atoms with E-state index in [4.69, 9.17) is 9.47 Å². The molecule has 1 unspecified atom stereocenters. The molecule has 0 saturated carbocycles. The van der Waals surface area contributed by atoms with E-state index in [1.165, 1.54) is 0 Å². The van der Waals surface area contributed by atoms with Crippen molar-refractivity contribution in [1.82, 2.24) is 0 Å². The number of aliphatic hydroxyl groups excluding tert-OH is 1. The number of carbonyl (C=O) groups is 1. The molecule has 0 bridgehead atoms. The predicted molar refractivity (Wildman–Crippen MR) is 69.4 cm³/mol. The molecule has 0 amide bonds. The van der Waals surface area contributed by atoms with Gasteiger partial charge in [0.15, 0.2) is 11.6 Å². The second kappa shape index (κ2) is 4.85. The van der Waals surface area contributed by atoms with Crippen LogP contribution >= 0.6 is 0 Å². The van der Waals surface area contributed by atoms with Gasteiger partial charge in [-0.15, -0.1) is 0 Å². The smallest absolute Gasteiger partial charge is 0.188 e. The van der Waals surface area contributed by atoms with Gasteiger partial charge in [-0.25, -0.2) is 0 Å². The van der Waals surface area contributed by atoms with E-state index >= 15 is 0 Å². The van der Waals surface area contributed by atoms with Crippen molar-refractivity contribution in [3.63, 3.8) is 0 Å². The average molecular weight is 264 g/mol. The highest BCUT2D eigenvalue weighted by atomic mass is 16.7. The lowest BCUT2D eigenvalue weighted by Crippen LogP contribution is -2.48. The van der Waals surface area contributed by atoms with Crippen LogP contribution in [0.4, 0.5) is 0 Å². The van der Waals surface area contributed by atoms with Crippen molar-refractivity contribution in [1.29, 1.82) is 0 Å². The lowest BCUT2D eigenvalue weighted by Gasteiger charge is -2.45. The maximum atomic E-state index is 11.8. The van der Waals surface area contributed by atoms with Crippen molar-refractivity contribution < 1.29 is 19.4 Å².